The fraction of sp³-hybridized carbons (Fsp3) is 0.800. The van der Waals surface area contributed by atoms with Crippen molar-refractivity contribution in [3.05, 3.63) is 0 Å². The Balaban J connectivity index is 4.95. The Morgan fingerprint density at radius 1 is 1.06 bits per heavy atom. The summed E-state index contributed by atoms with van der Waals surface area (Å²) in [4.78, 5) is 22.3. The van der Waals surface area contributed by atoms with Gasteiger partial charge in [0, 0.05) is 0 Å². The van der Waals surface area contributed by atoms with Crippen LogP contribution in [0.25, 0.3) is 0 Å². The van der Waals surface area contributed by atoms with Gasteiger partial charge in [-0.25, -0.2) is 9.59 Å². The Morgan fingerprint density at radius 2 is 1.39 bits per heavy atom. The summed E-state index contributed by atoms with van der Waals surface area (Å²) >= 11 is 0. The minimum Gasteiger partial charge on any atom is -0.396 e. The van der Waals surface area contributed by atoms with Crippen LogP contribution >= 0.6 is 0 Å². The molecule has 0 rings (SSSR count). The van der Waals surface area contributed by atoms with Crippen molar-refractivity contribution in [2.75, 3.05) is 6.61 Å². The van der Waals surface area contributed by atoms with E-state index >= 15 is 0 Å². The van der Waals surface area contributed by atoms with Gasteiger partial charge in [0.05, 0.1) is 12.5 Å². The number of carbonyl (C=O) groups excluding carboxylic acids is 2. The first-order valence-electron chi connectivity index (χ1n) is 5.29. The fourth-order valence-electron chi connectivity index (χ4n) is 0.796. The molecule has 0 bridgehead atoms. The predicted molar refractivity (Wildman–Crippen MR) is 56.7 cm³/mol. The number of esters is 2. The molecule has 0 aromatic heterocycles. The smallest absolute Gasteiger partial charge is 0.378 e. The highest BCUT2D eigenvalue weighted by atomic mass is 16.8. The lowest BCUT2D eigenvalue weighted by atomic mass is 10.1. The molecule has 8 heteroatoms. The molecule has 3 atom stereocenters. The molecule has 0 saturated carbocycles. The quantitative estimate of drug-likeness (QED) is 0.324. The van der Waals surface area contributed by atoms with Gasteiger partial charge in [-0.3, -0.25) is 0 Å². The summed E-state index contributed by atoms with van der Waals surface area (Å²) in [5.74, 6) is -6.40. The van der Waals surface area contributed by atoms with Crippen LogP contribution in [0.5, 0.6) is 0 Å². The van der Waals surface area contributed by atoms with Gasteiger partial charge in [0.15, 0.2) is 0 Å². The van der Waals surface area contributed by atoms with E-state index in [9.17, 15) is 14.7 Å². The molecule has 0 fully saturated rings. The first-order chi connectivity index (χ1) is 8.14. The Kier molecular flexibility index (Phi) is 6.19. The Bertz CT molecular complexity index is 276. The summed E-state index contributed by atoms with van der Waals surface area (Å²) in [6.45, 7) is 2.76. The average molecular weight is 266 g/mol. The maximum Gasteiger partial charge on any atom is 0.378 e. The summed E-state index contributed by atoms with van der Waals surface area (Å²) in [6, 6.07) is 0. The van der Waals surface area contributed by atoms with Crippen LogP contribution in [0.4, 0.5) is 0 Å². The fourth-order valence-corrected chi connectivity index (χ4v) is 0.796. The Hall–Kier alpha value is -1.22. The molecule has 0 radical (unpaired) electrons. The normalized spacial score (nSPS) is 19.3. The third-order valence-corrected chi connectivity index (χ3v) is 2.07. The SMILES string of the molecule is CC(O)C(=O)OC(O)(OC(=O)C(C)O)C(C)CO. The maximum absolute atomic E-state index is 11.2. The van der Waals surface area contributed by atoms with Gasteiger partial charge in [0.25, 0.3) is 0 Å². The molecule has 4 N–H and O–H groups in total. The van der Waals surface area contributed by atoms with Crippen LogP contribution < -0.4 is 0 Å². The number of aliphatic hydroxyl groups is 4. The molecule has 3 unspecified atom stereocenters. The van der Waals surface area contributed by atoms with Crippen LogP contribution in [0.2, 0.25) is 0 Å². The van der Waals surface area contributed by atoms with Gasteiger partial charge in [0.1, 0.15) is 12.2 Å². The van der Waals surface area contributed by atoms with Crippen molar-refractivity contribution < 1.29 is 39.5 Å². The molecular formula is C10H18O8. The van der Waals surface area contributed by atoms with Crippen LogP contribution in [0.15, 0.2) is 0 Å². The third kappa shape index (κ3) is 4.57. The number of carbonyl (C=O) groups is 2. The van der Waals surface area contributed by atoms with Crippen molar-refractivity contribution in [3.8, 4) is 0 Å². The minimum absolute atomic E-state index is 0.656. The van der Waals surface area contributed by atoms with Gasteiger partial charge in [-0.1, -0.05) is 0 Å². The van der Waals surface area contributed by atoms with Gasteiger partial charge in [-0.15, -0.1) is 0 Å². The number of aliphatic hydroxyl groups excluding tert-OH is 3. The monoisotopic (exact) mass is 266 g/mol. The van der Waals surface area contributed by atoms with Crippen LogP contribution in [0, 0.1) is 5.92 Å². The molecule has 8 nitrogen and oxygen atoms in total. The Labute approximate surface area is 104 Å². The van der Waals surface area contributed by atoms with Gasteiger partial charge in [-0.2, -0.15) is 0 Å². The summed E-state index contributed by atoms with van der Waals surface area (Å²) < 4.78 is 8.85. The lowest BCUT2D eigenvalue weighted by Gasteiger charge is -2.31. The molecule has 0 aromatic carbocycles. The highest BCUT2D eigenvalue weighted by Gasteiger charge is 2.44. The first-order valence-corrected chi connectivity index (χ1v) is 5.29. The molecule has 0 heterocycles. The molecule has 0 aromatic rings. The zero-order valence-electron chi connectivity index (χ0n) is 10.4. The van der Waals surface area contributed by atoms with Crippen molar-refractivity contribution in [1.29, 1.82) is 0 Å². The lowest BCUT2D eigenvalue weighted by molar-refractivity contribution is -0.354. The van der Waals surface area contributed by atoms with E-state index in [2.05, 4.69) is 9.47 Å². The van der Waals surface area contributed by atoms with E-state index in [0.29, 0.717) is 0 Å². The zero-order chi connectivity index (χ0) is 14.5. The standard InChI is InChI=1S/C10H18O8/c1-5(4-11)10(16,17-8(14)6(2)12)18-9(15)7(3)13/h5-7,11-13,16H,4H2,1-3H3. The summed E-state index contributed by atoms with van der Waals surface area (Å²) in [5, 5.41) is 36.6. The average Bonchev–Trinajstić information content (AvgIpc) is 2.27. The highest BCUT2D eigenvalue weighted by molar-refractivity contribution is 5.76. The van der Waals surface area contributed by atoms with Crippen molar-refractivity contribution in [2.24, 2.45) is 5.92 Å². The van der Waals surface area contributed by atoms with Crippen molar-refractivity contribution >= 4 is 11.9 Å². The van der Waals surface area contributed by atoms with E-state index in [1.807, 2.05) is 0 Å². The number of rotatable bonds is 6. The summed E-state index contributed by atoms with van der Waals surface area (Å²) in [6.07, 6.45) is -3.10. The summed E-state index contributed by atoms with van der Waals surface area (Å²) in [7, 11) is 0. The van der Waals surface area contributed by atoms with E-state index in [-0.39, 0.29) is 0 Å². The van der Waals surface area contributed by atoms with Gasteiger partial charge < -0.3 is 29.9 Å². The molecular weight excluding hydrogens is 248 g/mol. The molecule has 18 heavy (non-hydrogen) atoms. The maximum atomic E-state index is 11.2. The number of hydrogen-bond acceptors (Lipinski definition) is 8. The second kappa shape index (κ2) is 6.64. The summed E-state index contributed by atoms with van der Waals surface area (Å²) in [5.41, 5.74) is 0. The topological polar surface area (TPSA) is 134 Å². The minimum atomic E-state index is -2.75. The molecule has 0 saturated heterocycles. The Morgan fingerprint density at radius 3 is 1.61 bits per heavy atom. The van der Waals surface area contributed by atoms with Crippen LogP contribution in [-0.4, -0.2) is 57.2 Å². The third-order valence-electron chi connectivity index (χ3n) is 2.07. The number of ether oxygens (including phenoxy) is 2. The van der Waals surface area contributed by atoms with E-state index < -0.39 is 42.6 Å². The second-order valence-corrected chi connectivity index (χ2v) is 3.91. The van der Waals surface area contributed by atoms with Crippen molar-refractivity contribution in [2.45, 2.75) is 39.0 Å². The van der Waals surface area contributed by atoms with E-state index in [0.717, 1.165) is 13.8 Å². The molecule has 0 spiro atoms. The largest absolute Gasteiger partial charge is 0.396 e. The van der Waals surface area contributed by atoms with Gasteiger partial charge in [0.2, 0.25) is 0 Å². The predicted octanol–water partition coefficient (Wildman–Crippen LogP) is -1.89. The molecule has 0 aliphatic rings. The number of hydrogen-bond donors (Lipinski definition) is 4. The van der Waals surface area contributed by atoms with E-state index in [1.165, 1.54) is 6.92 Å². The first kappa shape index (κ1) is 16.8. The van der Waals surface area contributed by atoms with Gasteiger partial charge >= 0.3 is 17.9 Å². The lowest BCUT2D eigenvalue weighted by Crippen LogP contribution is -2.49. The van der Waals surface area contributed by atoms with E-state index in [4.69, 9.17) is 15.3 Å². The van der Waals surface area contributed by atoms with Crippen molar-refractivity contribution in [1.82, 2.24) is 0 Å². The van der Waals surface area contributed by atoms with Crippen LogP contribution in [0.3, 0.4) is 0 Å². The van der Waals surface area contributed by atoms with Gasteiger partial charge in [-0.05, 0) is 20.8 Å². The molecule has 106 valence electrons. The van der Waals surface area contributed by atoms with E-state index in [1.54, 1.807) is 0 Å². The molecule has 0 aliphatic heterocycles. The highest BCUT2D eigenvalue weighted by Crippen LogP contribution is 2.22. The van der Waals surface area contributed by atoms with Crippen LogP contribution in [-0.2, 0) is 19.1 Å². The second-order valence-electron chi connectivity index (χ2n) is 3.91. The molecule has 0 aliphatic carbocycles. The zero-order valence-corrected chi connectivity index (χ0v) is 10.4. The van der Waals surface area contributed by atoms with Crippen LogP contribution in [0.1, 0.15) is 20.8 Å². The molecule has 0 amide bonds. The van der Waals surface area contributed by atoms with Crippen molar-refractivity contribution in [3.63, 3.8) is 0 Å².